The van der Waals surface area contributed by atoms with Gasteiger partial charge >= 0.3 is 0 Å². The van der Waals surface area contributed by atoms with Crippen LogP contribution in [0.1, 0.15) is 33.3 Å². The van der Waals surface area contributed by atoms with Gasteiger partial charge in [0.05, 0.1) is 18.4 Å². The first-order valence-corrected chi connectivity index (χ1v) is 9.26. The maximum absolute atomic E-state index is 13.1. The predicted octanol–water partition coefficient (Wildman–Crippen LogP) is 2.75. The van der Waals surface area contributed by atoms with E-state index in [1.807, 2.05) is 29.8 Å². The number of rotatable bonds is 3. The number of benzene rings is 1. The first-order chi connectivity index (χ1) is 13.7. The van der Waals surface area contributed by atoms with Crippen molar-refractivity contribution in [2.45, 2.75) is 19.4 Å². The number of nitrogens with zero attached hydrogens (tertiary/aromatic N) is 5. The van der Waals surface area contributed by atoms with Crippen LogP contribution in [0.15, 0.2) is 53.3 Å². The van der Waals surface area contributed by atoms with E-state index < -0.39 is 0 Å². The second kappa shape index (κ2) is 6.60. The number of imidazole rings is 1. The monoisotopic (exact) mass is 373 g/mol. The SMILES string of the molecule is Cn1cnc2c(C(=O)N3CCc4oc(Cc5ccccc5)nc4C3)ccnc21. The summed E-state index contributed by atoms with van der Waals surface area (Å²) in [6.07, 6.45) is 4.65. The second-order valence-corrected chi connectivity index (χ2v) is 7.00. The van der Waals surface area contributed by atoms with Gasteiger partial charge in [0.15, 0.2) is 11.5 Å². The Balaban J connectivity index is 1.39. The second-order valence-electron chi connectivity index (χ2n) is 7.00. The van der Waals surface area contributed by atoms with Crippen molar-refractivity contribution in [2.75, 3.05) is 6.54 Å². The van der Waals surface area contributed by atoms with Gasteiger partial charge in [0.1, 0.15) is 17.0 Å². The van der Waals surface area contributed by atoms with E-state index in [4.69, 9.17) is 4.42 Å². The van der Waals surface area contributed by atoms with E-state index in [1.165, 1.54) is 0 Å². The Bertz CT molecular complexity index is 1160. The summed E-state index contributed by atoms with van der Waals surface area (Å²) in [7, 11) is 1.87. The lowest BCUT2D eigenvalue weighted by Crippen LogP contribution is -2.36. The standard InChI is InChI=1S/C21H19N5O2/c1-25-13-23-19-15(7-9-22-20(19)25)21(27)26-10-8-17-16(12-26)24-18(28-17)11-14-5-3-2-4-6-14/h2-7,9,13H,8,10-12H2,1H3. The molecule has 28 heavy (non-hydrogen) atoms. The average molecular weight is 373 g/mol. The molecule has 1 aromatic carbocycles. The fourth-order valence-corrected chi connectivity index (χ4v) is 3.64. The molecule has 0 spiro atoms. The molecule has 4 aromatic rings. The summed E-state index contributed by atoms with van der Waals surface area (Å²) in [4.78, 5) is 28.2. The van der Waals surface area contributed by atoms with Gasteiger partial charge in [0, 0.05) is 32.6 Å². The molecule has 7 nitrogen and oxygen atoms in total. The highest BCUT2D eigenvalue weighted by Crippen LogP contribution is 2.24. The molecule has 5 rings (SSSR count). The first-order valence-electron chi connectivity index (χ1n) is 9.26. The van der Waals surface area contributed by atoms with Crippen LogP contribution in [0.3, 0.4) is 0 Å². The van der Waals surface area contributed by atoms with Gasteiger partial charge in [-0.05, 0) is 11.6 Å². The number of oxazole rings is 1. The smallest absolute Gasteiger partial charge is 0.256 e. The number of amides is 1. The van der Waals surface area contributed by atoms with E-state index in [0.29, 0.717) is 48.5 Å². The number of carbonyl (C=O) groups is 1. The number of hydrogen-bond donors (Lipinski definition) is 0. The summed E-state index contributed by atoms with van der Waals surface area (Å²) in [5.74, 6) is 1.53. The summed E-state index contributed by atoms with van der Waals surface area (Å²) in [6.45, 7) is 1.05. The van der Waals surface area contributed by atoms with Crippen molar-refractivity contribution in [3.63, 3.8) is 0 Å². The number of aryl methyl sites for hydroxylation is 1. The highest BCUT2D eigenvalue weighted by atomic mass is 16.4. The van der Waals surface area contributed by atoms with Gasteiger partial charge in [-0.2, -0.15) is 0 Å². The van der Waals surface area contributed by atoms with Gasteiger partial charge in [-0.3, -0.25) is 4.79 Å². The Morgan fingerprint density at radius 1 is 1.18 bits per heavy atom. The van der Waals surface area contributed by atoms with Gasteiger partial charge in [0.25, 0.3) is 5.91 Å². The normalized spacial score (nSPS) is 13.7. The Morgan fingerprint density at radius 3 is 2.89 bits per heavy atom. The molecule has 0 N–H and O–H groups in total. The third-order valence-electron chi connectivity index (χ3n) is 5.09. The lowest BCUT2D eigenvalue weighted by molar-refractivity contribution is 0.0729. The molecule has 0 aliphatic carbocycles. The highest BCUT2D eigenvalue weighted by Gasteiger charge is 2.27. The van der Waals surface area contributed by atoms with Crippen molar-refractivity contribution in [3.8, 4) is 0 Å². The van der Waals surface area contributed by atoms with Crippen LogP contribution >= 0.6 is 0 Å². The molecule has 0 saturated carbocycles. The van der Waals surface area contributed by atoms with E-state index >= 15 is 0 Å². The van der Waals surface area contributed by atoms with Crippen LogP contribution in [0, 0.1) is 0 Å². The Hall–Kier alpha value is -3.48. The van der Waals surface area contributed by atoms with Gasteiger partial charge in [-0.1, -0.05) is 30.3 Å². The molecule has 0 saturated heterocycles. The van der Waals surface area contributed by atoms with Crippen LogP contribution in [-0.2, 0) is 26.4 Å². The lowest BCUT2D eigenvalue weighted by Gasteiger charge is -2.25. The summed E-state index contributed by atoms with van der Waals surface area (Å²) < 4.78 is 7.76. The molecule has 0 bridgehead atoms. The van der Waals surface area contributed by atoms with Crippen molar-refractivity contribution in [1.82, 2.24) is 24.4 Å². The highest BCUT2D eigenvalue weighted by molar-refractivity contribution is 6.04. The molecule has 1 aliphatic rings. The van der Waals surface area contributed by atoms with Gasteiger partial charge in [-0.25, -0.2) is 15.0 Å². The molecule has 0 fully saturated rings. The van der Waals surface area contributed by atoms with Crippen molar-refractivity contribution in [3.05, 3.63) is 77.4 Å². The number of fused-ring (bicyclic) bond motifs is 2. The Morgan fingerprint density at radius 2 is 2.04 bits per heavy atom. The number of pyridine rings is 1. The van der Waals surface area contributed by atoms with Crippen LogP contribution in [0.25, 0.3) is 11.2 Å². The van der Waals surface area contributed by atoms with Crippen LogP contribution in [0.4, 0.5) is 0 Å². The topological polar surface area (TPSA) is 77.0 Å². The molecule has 0 radical (unpaired) electrons. The Labute approximate surface area is 161 Å². The van der Waals surface area contributed by atoms with Crippen LogP contribution in [0.5, 0.6) is 0 Å². The van der Waals surface area contributed by atoms with Crippen molar-refractivity contribution >= 4 is 17.1 Å². The van der Waals surface area contributed by atoms with E-state index in [-0.39, 0.29) is 5.91 Å². The zero-order chi connectivity index (χ0) is 19.1. The minimum Gasteiger partial charge on any atom is -0.445 e. The average Bonchev–Trinajstić information content (AvgIpc) is 3.30. The molecule has 1 amide bonds. The molecule has 0 unspecified atom stereocenters. The molecular weight excluding hydrogens is 354 g/mol. The first kappa shape index (κ1) is 16.7. The zero-order valence-electron chi connectivity index (χ0n) is 15.5. The fraction of sp³-hybridized carbons (Fsp3) is 0.238. The zero-order valence-corrected chi connectivity index (χ0v) is 15.5. The molecule has 140 valence electrons. The summed E-state index contributed by atoms with van der Waals surface area (Å²) in [6, 6.07) is 11.8. The molecule has 0 atom stereocenters. The minimum atomic E-state index is -0.0515. The lowest BCUT2D eigenvalue weighted by atomic mass is 10.1. The molecule has 1 aliphatic heterocycles. The largest absolute Gasteiger partial charge is 0.445 e. The maximum Gasteiger partial charge on any atom is 0.256 e. The molecule has 4 heterocycles. The number of hydrogen-bond acceptors (Lipinski definition) is 5. The van der Waals surface area contributed by atoms with E-state index in [1.54, 1.807) is 23.5 Å². The van der Waals surface area contributed by atoms with Crippen LogP contribution in [0.2, 0.25) is 0 Å². The molecule has 3 aromatic heterocycles. The number of carbonyl (C=O) groups excluding carboxylic acids is 1. The third kappa shape index (κ3) is 2.85. The van der Waals surface area contributed by atoms with Crippen molar-refractivity contribution in [1.29, 1.82) is 0 Å². The molecule has 7 heteroatoms. The number of aromatic nitrogens is 4. The minimum absolute atomic E-state index is 0.0515. The summed E-state index contributed by atoms with van der Waals surface area (Å²) >= 11 is 0. The summed E-state index contributed by atoms with van der Waals surface area (Å²) in [5.41, 5.74) is 3.91. The van der Waals surface area contributed by atoms with Gasteiger partial charge < -0.3 is 13.9 Å². The predicted molar refractivity (Wildman–Crippen MR) is 103 cm³/mol. The van der Waals surface area contributed by atoms with E-state index in [2.05, 4.69) is 27.1 Å². The van der Waals surface area contributed by atoms with E-state index in [9.17, 15) is 4.79 Å². The Kier molecular flexibility index (Phi) is 3.93. The van der Waals surface area contributed by atoms with Gasteiger partial charge in [0.2, 0.25) is 0 Å². The molecular formula is C21H19N5O2. The van der Waals surface area contributed by atoms with Gasteiger partial charge in [-0.15, -0.1) is 0 Å². The maximum atomic E-state index is 13.1. The van der Waals surface area contributed by atoms with Crippen molar-refractivity contribution < 1.29 is 9.21 Å². The fourth-order valence-electron chi connectivity index (χ4n) is 3.64. The van der Waals surface area contributed by atoms with Crippen LogP contribution < -0.4 is 0 Å². The van der Waals surface area contributed by atoms with Crippen molar-refractivity contribution in [2.24, 2.45) is 7.05 Å². The quantitative estimate of drug-likeness (QED) is 0.552. The summed E-state index contributed by atoms with van der Waals surface area (Å²) in [5, 5.41) is 0. The van der Waals surface area contributed by atoms with Crippen LogP contribution in [-0.4, -0.2) is 36.9 Å². The van der Waals surface area contributed by atoms with E-state index in [0.717, 1.165) is 17.0 Å². The third-order valence-corrected chi connectivity index (χ3v) is 5.09.